The molecule has 21 heavy (non-hydrogen) atoms. The van der Waals surface area contributed by atoms with Gasteiger partial charge in [0.25, 0.3) is 5.69 Å². The average Bonchev–Trinajstić information content (AvgIpc) is 3.05. The van der Waals surface area contributed by atoms with Gasteiger partial charge in [0.2, 0.25) is 5.91 Å². The molecule has 0 saturated carbocycles. The van der Waals surface area contributed by atoms with Crippen LogP contribution in [0.25, 0.3) is 0 Å². The molecule has 2 atom stereocenters. The Hall–Kier alpha value is -1.99. The smallest absolute Gasteiger partial charge is 0.271 e. The fourth-order valence-corrected chi connectivity index (χ4v) is 3.09. The van der Waals surface area contributed by atoms with Gasteiger partial charge in [0.1, 0.15) is 0 Å². The highest BCUT2D eigenvalue weighted by Gasteiger charge is 2.39. The largest absolute Gasteiger partial charge is 0.392 e. The summed E-state index contributed by atoms with van der Waals surface area (Å²) in [6.07, 6.45) is 1.03. The normalized spacial score (nSPS) is 26.5. The number of hydrogen-bond acceptors (Lipinski definition) is 5. The Morgan fingerprint density at radius 3 is 2.76 bits per heavy atom. The molecule has 2 aliphatic heterocycles. The second kappa shape index (κ2) is 5.42. The Kier molecular flexibility index (Phi) is 3.60. The van der Waals surface area contributed by atoms with Gasteiger partial charge in [-0.15, -0.1) is 0 Å². The Bertz CT molecular complexity index is 577. The molecule has 7 heteroatoms. The molecule has 1 aromatic carbocycles. The van der Waals surface area contributed by atoms with Gasteiger partial charge in [-0.05, 0) is 18.9 Å². The Labute approximate surface area is 121 Å². The minimum absolute atomic E-state index is 0.0136. The van der Waals surface area contributed by atoms with Crippen molar-refractivity contribution in [3.8, 4) is 0 Å². The van der Waals surface area contributed by atoms with Crippen LogP contribution < -0.4 is 4.90 Å². The quantitative estimate of drug-likeness (QED) is 0.656. The number of nitro benzene ring substituents is 1. The molecular weight excluding hydrogens is 274 g/mol. The van der Waals surface area contributed by atoms with Crippen molar-refractivity contribution in [2.75, 3.05) is 24.5 Å². The molecule has 3 rings (SSSR count). The summed E-state index contributed by atoms with van der Waals surface area (Å²) in [5, 5.41) is 20.4. The predicted octanol–water partition coefficient (Wildman–Crippen LogP) is 0.767. The zero-order valence-electron chi connectivity index (χ0n) is 11.5. The molecule has 0 bridgehead atoms. The second-order valence-electron chi connectivity index (χ2n) is 5.51. The van der Waals surface area contributed by atoms with Gasteiger partial charge in [0.15, 0.2) is 0 Å². The molecule has 112 valence electrons. The Balaban J connectivity index is 1.77. The lowest BCUT2D eigenvalue weighted by Gasteiger charge is -2.22. The molecule has 0 aromatic heterocycles. The summed E-state index contributed by atoms with van der Waals surface area (Å²) in [7, 11) is 0. The first-order valence-corrected chi connectivity index (χ1v) is 7.04. The number of aliphatic hydroxyl groups is 1. The standard InChI is InChI=1S/C14H17N3O4/c18-12-4-6-15(9-12)13-5-7-16(14(13)19)10-2-1-3-11(8-10)17(20)21/h1-3,8,12-13,18H,4-7,9H2/t12-,13?/m1/s1. The zero-order valence-corrected chi connectivity index (χ0v) is 11.5. The van der Waals surface area contributed by atoms with Gasteiger partial charge in [0.05, 0.1) is 22.8 Å². The summed E-state index contributed by atoms with van der Waals surface area (Å²) in [6, 6.07) is 5.93. The monoisotopic (exact) mass is 291 g/mol. The van der Waals surface area contributed by atoms with Gasteiger partial charge >= 0.3 is 0 Å². The van der Waals surface area contributed by atoms with Crippen molar-refractivity contribution in [3.63, 3.8) is 0 Å². The van der Waals surface area contributed by atoms with E-state index in [1.807, 2.05) is 4.90 Å². The van der Waals surface area contributed by atoms with Crippen LogP contribution in [0, 0.1) is 10.1 Å². The van der Waals surface area contributed by atoms with Crippen molar-refractivity contribution in [1.29, 1.82) is 0 Å². The van der Waals surface area contributed by atoms with Crippen molar-refractivity contribution in [2.24, 2.45) is 0 Å². The number of carbonyl (C=O) groups excluding carboxylic acids is 1. The summed E-state index contributed by atoms with van der Waals surface area (Å²) in [5.74, 6) is -0.0374. The highest BCUT2D eigenvalue weighted by Crippen LogP contribution is 2.28. The molecule has 1 aromatic rings. The number of anilines is 1. The number of nitrogens with zero attached hydrogens (tertiary/aromatic N) is 3. The number of nitro groups is 1. The molecule has 1 N–H and O–H groups in total. The fourth-order valence-electron chi connectivity index (χ4n) is 3.09. The molecule has 1 unspecified atom stereocenters. The lowest BCUT2D eigenvalue weighted by molar-refractivity contribution is -0.384. The molecule has 0 aliphatic carbocycles. The third kappa shape index (κ3) is 2.62. The number of amides is 1. The maximum atomic E-state index is 12.5. The number of β-amino-alcohol motifs (C(OH)–C–C–N with tert-alkyl or cyclic N) is 1. The number of non-ortho nitro benzene ring substituents is 1. The van der Waals surface area contributed by atoms with E-state index in [-0.39, 0.29) is 23.7 Å². The minimum atomic E-state index is -0.460. The van der Waals surface area contributed by atoms with Gasteiger partial charge in [-0.1, -0.05) is 6.07 Å². The van der Waals surface area contributed by atoms with Crippen molar-refractivity contribution in [2.45, 2.75) is 25.0 Å². The van der Waals surface area contributed by atoms with Gasteiger partial charge in [0, 0.05) is 31.8 Å². The Morgan fingerprint density at radius 1 is 1.29 bits per heavy atom. The average molecular weight is 291 g/mol. The van der Waals surface area contributed by atoms with Crippen molar-refractivity contribution >= 4 is 17.3 Å². The van der Waals surface area contributed by atoms with Crippen LogP contribution in [0.1, 0.15) is 12.8 Å². The molecule has 0 radical (unpaired) electrons. The van der Waals surface area contributed by atoms with Crippen LogP contribution >= 0.6 is 0 Å². The Morgan fingerprint density at radius 2 is 2.10 bits per heavy atom. The van der Waals surface area contributed by atoms with E-state index in [1.165, 1.54) is 12.1 Å². The van der Waals surface area contributed by atoms with Gasteiger partial charge < -0.3 is 10.0 Å². The fraction of sp³-hybridized carbons (Fsp3) is 0.500. The third-order valence-electron chi connectivity index (χ3n) is 4.17. The maximum Gasteiger partial charge on any atom is 0.271 e. The highest BCUT2D eigenvalue weighted by atomic mass is 16.6. The summed E-state index contributed by atoms with van der Waals surface area (Å²) in [5.41, 5.74) is 0.553. The number of likely N-dealkylation sites (tertiary alicyclic amines) is 1. The summed E-state index contributed by atoms with van der Waals surface area (Å²) in [4.78, 5) is 26.5. The summed E-state index contributed by atoms with van der Waals surface area (Å²) in [6.45, 7) is 1.80. The third-order valence-corrected chi connectivity index (χ3v) is 4.17. The molecule has 0 spiro atoms. The number of benzene rings is 1. The first-order chi connectivity index (χ1) is 10.1. The van der Waals surface area contributed by atoms with E-state index >= 15 is 0 Å². The van der Waals surface area contributed by atoms with Crippen LogP contribution in [0.15, 0.2) is 24.3 Å². The van der Waals surface area contributed by atoms with Gasteiger partial charge in [-0.25, -0.2) is 0 Å². The SMILES string of the molecule is O=C1C(N2CC[C@@H](O)C2)CCN1c1cccc([N+](=O)[O-])c1. The lowest BCUT2D eigenvalue weighted by Crippen LogP contribution is -2.41. The molecule has 2 heterocycles. The van der Waals surface area contributed by atoms with Crippen LogP contribution in [-0.2, 0) is 4.79 Å². The van der Waals surface area contributed by atoms with E-state index in [0.717, 1.165) is 6.54 Å². The molecular formula is C14H17N3O4. The van der Waals surface area contributed by atoms with Gasteiger partial charge in [-0.2, -0.15) is 0 Å². The van der Waals surface area contributed by atoms with Crippen molar-refractivity contribution < 1.29 is 14.8 Å². The number of rotatable bonds is 3. The summed E-state index contributed by atoms with van der Waals surface area (Å²) >= 11 is 0. The first kappa shape index (κ1) is 14.0. The molecule has 1 amide bonds. The summed E-state index contributed by atoms with van der Waals surface area (Å²) < 4.78 is 0. The molecule has 2 saturated heterocycles. The zero-order chi connectivity index (χ0) is 15.0. The highest BCUT2D eigenvalue weighted by molar-refractivity contribution is 5.99. The van der Waals surface area contributed by atoms with Crippen LogP contribution in [-0.4, -0.2) is 52.6 Å². The first-order valence-electron chi connectivity index (χ1n) is 7.04. The second-order valence-corrected chi connectivity index (χ2v) is 5.51. The van der Waals surface area contributed by atoms with E-state index in [4.69, 9.17) is 0 Å². The van der Waals surface area contributed by atoms with E-state index in [2.05, 4.69) is 0 Å². The van der Waals surface area contributed by atoms with Crippen LogP contribution in [0.4, 0.5) is 11.4 Å². The molecule has 2 fully saturated rings. The van der Waals surface area contributed by atoms with E-state index < -0.39 is 4.92 Å². The minimum Gasteiger partial charge on any atom is -0.392 e. The topological polar surface area (TPSA) is 86.9 Å². The van der Waals surface area contributed by atoms with E-state index in [9.17, 15) is 20.0 Å². The lowest BCUT2D eigenvalue weighted by atomic mass is 10.2. The number of aliphatic hydroxyl groups excluding tert-OH is 1. The van der Waals surface area contributed by atoms with Crippen LogP contribution in [0.3, 0.4) is 0 Å². The van der Waals surface area contributed by atoms with Crippen LogP contribution in [0.5, 0.6) is 0 Å². The predicted molar refractivity (Wildman–Crippen MR) is 76.1 cm³/mol. The van der Waals surface area contributed by atoms with Crippen molar-refractivity contribution in [1.82, 2.24) is 4.90 Å². The van der Waals surface area contributed by atoms with E-state index in [0.29, 0.717) is 31.6 Å². The maximum absolute atomic E-state index is 12.5. The molecule has 2 aliphatic rings. The van der Waals surface area contributed by atoms with Crippen LogP contribution in [0.2, 0.25) is 0 Å². The molecule has 7 nitrogen and oxygen atoms in total. The van der Waals surface area contributed by atoms with E-state index in [1.54, 1.807) is 17.0 Å². The number of hydrogen-bond donors (Lipinski definition) is 1. The van der Waals surface area contributed by atoms with Gasteiger partial charge in [-0.3, -0.25) is 19.8 Å². The number of carbonyl (C=O) groups is 1. The van der Waals surface area contributed by atoms with Crippen molar-refractivity contribution in [3.05, 3.63) is 34.4 Å².